The number of ether oxygens (including phenoxy) is 1. The first-order valence-corrected chi connectivity index (χ1v) is 13.1. The van der Waals surface area contributed by atoms with Gasteiger partial charge in [-0.25, -0.2) is 0 Å². The first kappa shape index (κ1) is 28.6. The standard InChI is InChI=1S/C20H24N2O2.C9H17NO3/c1-3-13-12-22-9-7-14(13)10-19(22)20(23)16-6-8-21-18-5-4-15(24-2)11-17(16)18;1-6(2)3-7(4-8(10)11)5-9(12)13/h3-6,8,11,13-14,19-20,23H,1,7,9-10,12H2,2H3;6-7H,3-5H2,1-2H3,(H2,10,11)(H,12,13)/t13-,14-,19-,20+;7-/m01/s1. The van der Waals surface area contributed by atoms with Crippen LogP contribution < -0.4 is 10.5 Å². The minimum absolute atomic E-state index is 0.0289. The molecule has 8 nitrogen and oxygen atoms in total. The Kier molecular flexibility index (Phi) is 10.1. The number of hydrogen-bond donors (Lipinski definition) is 3. The molecular formula is C29H41N3O5. The first-order chi connectivity index (χ1) is 17.6. The maximum Gasteiger partial charge on any atom is 0.303 e. The van der Waals surface area contributed by atoms with Gasteiger partial charge in [0, 0.05) is 37.0 Å². The van der Waals surface area contributed by atoms with Crippen molar-refractivity contribution in [2.75, 3.05) is 20.2 Å². The van der Waals surface area contributed by atoms with Crippen LogP contribution in [0.4, 0.5) is 0 Å². The minimum Gasteiger partial charge on any atom is -0.497 e. The van der Waals surface area contributed by atoms with Gasteiger partial charge < -0.3 is 20.7 Å². The number of nitrogens with two attached hydrogens (primary N) is 1. The highest BCUT2D eigenvalue weighted by molar-refractivity contribution is 5.84. The molecule has 1 aromatic carbocycles. The highest BCUT2D eigenvalue weighted by Crippen LogP contribution is 2.42. The van der Waals surface area contributed by atoms with E-state index >= 15 is 0 Å². The summed E-state index contributed by atoms with van der Waals surface area (Å²) in [5.74, 6) is 0.991. The lowest BCUT2D eigenvalue weighted by atomic mass is 9.73. The van der Waals surface area contributed by atoms with Crippen molar-refractivity contribution in [3.05, 3.63) is 48.7 Å². The Hall–Kier alpha value is -2.97. The molecule has 4 heterocycles. The number of fused-ring (bicyclic) bond motifs is 4. The highest BCUT2D eigenvalue weighted by atomic mass is 16.5. The molecule has 1 aromatic heterocycles. The quantitative estimate of drug-likeness (QED) is 0.409. The fourth-order valence-corrected chi connectivity index (χ4v) is 5.88. The number of amides is 1. The fourth-order valence-electron chi connectivity index (χ4n) is 5.88. The normalized spacial score (nSPS) is 24.1. The van der Waals surface area contributed by atoms with Crippen molar-refractivity contribution in [2.24, 2.45) is 29.4 Å². The van der Waals surface area contributed by atoms with Gasteiger partial charge in [-0.05, 0) is 79.3 Å². The van der Waals surface area contributed by atoms with E-state index < -0.39 is 18.0 Å². The van der Waals surface area contributed by atoms with Crippen LogP contribution in [-0.2, 0) is 9.59 Å². The average Bonchev–Trinajstić information content (AvgIpc) is 2.86. The Labute approximate surface area is 219 Å². The Morgan fingerprint density at radius 1 is 1.30 bits per heavy atom. The van der Waals surface area contributed by atoms with Crippen LogP contribution in [0.2, 0.25) is 0 Å². The van der Waals surface area contributed by atoms with E-state index in [2.05, 4.69) is 22.5 Å². The van der Waals surface area contributed by atoms with Crippen molar-refractivity contribution in [3.63, 3.8) is 0 Å². The molecule has 0 saturated carbocycles. The highest BCUT2D eigenvalue weighted by Gasteiger charge is 2.42. The number of piperidine rings is 3. The van der Waals surface area contributed by atoms with Gasteiger partial charge in [-0.15, -0.1) is 6.58 Å². The lowest BCUT2D eigenvalue weighted by Crippen LogP contribution is -2.54. The van der Waals surface area contributed by atoms with E-state index in [1.807, 2.05) is 38.1 Å². The number of aliphatic carboxylic acids is 1. The summed E-state index contributed by atoms with van der Waals surface area (Å²) in [6.45, 7) is 10.1. The SMILES string of the molecule is C=C[C@H]1CN2CC[C@H]1C[C@H]2[C@H](O)c1ccnc2ccc(OC)cc12.CC(C)C[C@H](CC(N)=O)CC(=O)O. The zero-order valence-corrected chi connectivity index (χ0v) is 22.2. The number of aromatic nitrogens is 1. The molecule has 2 aromatic rings. The molecular weight excluding hydrogens is 470 g/mol. The molecule has 6 atom stereocenters. The van der Waals surface area contributed by atoms with Gasteiger partial charge in [0.1, 0.15) is 5.75 Å². The van der Waals surface area contributed by atoms with Crippen molar-refractivity contribution in [2.45, 2.75) is 58.1 Å². The van der Waals surface area contributed by atoms with E-state index in [9.17, 15) is 14.7 Å². The van der Waals surface area contributed by atoms with E-state index in [1.54, 1.807) is 13.3 Å². The van der Waals surface area contributed by atoms with E-state index in [0.717, 1.165) is 48.1 Å². The van der Waals surface area contributed by atoms with E-state index in [0.29, 0.717) is 17.8 Å². The van der Waals surface area contributed by atoms with Gasteiger partial charge in [-0.3, -0.25) is 19.5 Å². The summed E-state index contributed by atoms with van der Waals surface area (Å²) in [6, 6.07) is 7.96. The predicted octanol–water partition coefficient (Wildman–Crippen LogP) is 4.17. The molecule has 37 heavy (non-hydrogen) atoms. The number of hydrogen-bond acceptors (Lipinski definition) is 6. The lowest BCUT2D eigenvalue weighted by molar-refractivity contribution is -0.138. The zero-order valence-electron chi connectivity index (χ0n) is 22.2. The summed E-state index contributed by atoms with van der Waals surface area (Å²) in [5, 5.41) is 20.7. The first-order valence-electron chi connectivity index (χ1n) is 13.1. The molecule has 8 heteroatoms. The third kappa shape index (κ3) is 7.52. The second-order valence-corrected chi connectivity index (χ2v) is 10.7. The van der Waals surface area contributed by atoms with Crippen LogP contribution in [0, 0.1) is 23.7 Å². The maximum absolute atomic E-state index is 11.2. The second-order valence-electron chi connectivity index (χ2n) is 10.7. The molecule has 3 fully saturated rings. The molecule has 0 spiro atoms. The number of primary amides is 1. The lowest BCUT2D eigenvalue weighted by Gasteiger charge is -2.50. The Morgan fingerprint density at radius 2 is 2.05 bits per heavy atom. The van der Waals surface area contributed by atoms with Crippen LogP contribution in [-0.4, -0.2) is 58.2 Å². The number of rotatable bonds is 10. The average molecular weight is 512 g/mol. The third-order valence-electron chi connectivity index (χ3n) is 7.58. The molecule has 2 bridgehead atoms. The predicted molar refractivity (Wildman–Crippen MR) is 144 cm³/mol. The number of carbonyl (C=O) groups is 2. The Balaban J connectivity index is 0.000000251. The van der Waals surface area contributed by atoms with Gasteiger partial charge in [-0.1, -0.05) is 19.9 Å². The van der Waals surface area contributed by atoms with Gasteiger partial charge in [0.15, 0.2) is 0 Å². The van der Waals surface area contributed by atoms with Crippen LogP contribution in [0.5, 0.6) is 5.75 Å². The largest absolute Gasteiger partial charge is 0.497 e. The van der Waals surface area contributed by atoms with Gasteiger partial charge in [0.05, 0.1) is 18.7 Å². The number of pyridine rings is 1. The van der Waals surface area contributed by atoms with Crippen LogP contribution in [0.15, 0.2) is 43.1 Å². The van der Waals surface area contributed by atoms with E-state index in [4.69, 9.17) is 15.6 Å². The molecule has 0 aliphatic carbocycles. The third-order valence-corrected chi connectivity index (χ3v) is 7.58. The number of carbonyl (C=O) groups excluding carboxylic acids is 1. The Bertz CT molecular complexity index is 1070. The summed E-state index contributed by atoms with van der Waals surface area (Å²) in [4.78, 5) is 27.9. The molecule has 1 amide bonds. The summed E-state index contributed by atoms with van der Waals surface area (Å²) >= 11 is 0. The molecule has 4 N–H and O–H groups in total. The zero-order chi connectivity index (χ0) is 27.1. The smallest absolute Gasteiger partial charge is 0.303 e. The van der Waals surface area contributed by atoms with Crippen molar-refractivity contribution < 1.29 is 24.5 Å². The molecule has 202 valence electrons. The minimum atomic E-state index is -0.869. The summed E-state index contributed by atoms with van der Waals surface area (Å²) in [5.41, 5.74) is 6.86. The number of benzene rings is 1. The van der Waals surface area contributed by atoms with Crippen LogP contribution >= 0.6 is 0 Å². The van der Waals surface area contributed by atoms with Crippen molar-refractivity contribution >= 4 is 22.8 Å². The molecule has 3 aliphatic heterocycles. The number of carboxylic acid groups (broad SMARTS) is 1. The van der Waals surface area contributed by atoms with Gasteiger partial charge in [0.25, 0.3) is 0 Å². The second kappa shape index (κ2) is 13.0. The van der Waals surface area contributed by atoms with Crippen molar-refractivity contribution in [1.82, 2.24) is 9.88 Å². The molecule has 5 rings (SSSR count). The molecule has 3 aliphatic rings. The van der Waals surface area contributed by atoms with E-state index in [1.165, 1.54) is 6.42 Å². The van der Waals surface area contributed by atoms with E-state index in [-0.39, 0.29) is 24.8 Å². The van der Waals surface area contributed by atoms with Gasteiger partial charge in [-0.2, -0.15) is 0 Å². The number of aliphatic hydroxyl groups excluding tert-OH is 1. The van der Waals surface area contributed by atoms with Crippen molar-refractivity contribution in [3.8, 4) is 5.75 Å². The number of carboxylic acids is 1. The summed E-state index contributed by atoms with van der Waals surface area (Å²) in [7, 11) is 1.66. The molecule has 1 unspecified atom stereocenters. The van der Waals surface area contributed by atoms with Gasteiger partial charge >= 0.3 is 5.97 Å². The number of nitrogens with zero attached hydrogens (tertiary/aromatic N) is 2. The molecule has 3 saturated heterocycles. The fraction of sp³-hybridized carbons (Fsp3) is 0.552. The van der Waals surface area contributed by atoms with Crippen molar-refractivity contribution in [1.29, 1.82) is 0 Å². The van der Waals surface area contributed by atoms with Crippen LogP contribution in [0.25, 0.3) is 10.9 Å². The van der Waals surface area contributed by atoms with Crippen LogP contribution in [0.3, 0.4) is 0 Å². The number of aliphatic hydroxyl groups is 1. The topological polar surface area (TPSA) is 126 Å². The summed E-state index contributed by atoms with van der Waals surface area (Å²) < 4.78 is 5.35. The Morgan fingerprint density at radius 3 is 2.62 bits per heavy atom. The monoisotopic (exact) mass is 511 g/mol. The maximum atomic E-state index is 11.2. The van der Waals surface area contributed by atoms with Crippen LogP contribution in [0.1, 0.15) is 57.6 Å². The van der Waals surface area contributed by atoms with Gasteiger partial charge in [0.2, 0.25) is 5.91 Å². The summed E-state index contributed by atoms with van der Waals surface area (Å²) in [6.07, 6.45) is 6.55. The molecule has 0 radical (unpaired) electrons. The number of methoxy groups -OCH3 is 1.